The largest absolute Gasteiger partial charge is 0.434 e. The Hall–Kier alpha value is -1.20. The van der Waals surface area contributed by atoms with Crippen molar-refractivity contribution in [2.45, 2.75) is 45.4 Å². The fourth-order valence-electron chi connectivity index (χ4n) is 3.12. The molecule has 1 aromatic carbocycles. The molecule has 1 N–H and O–H groups in total. The molecule has 1 fully saturated rings. The minimum absolute atomic E-state index is 0. The van der Waals surface area contributed by atoms with Crippen molar-refractivity contribution >= 4 is 29.9 Å². The van der Waals surface area contributed by atoms with E-state index in [2.05, 4.69) is 19.9 Å². The van der Waals surface area contributed by atoms with Gasteiger partial charge in [-0.2, -0.15) is 8.78 Å². The van der Waals surface area contributed by atoms with Gasteiger partial charge in [0.2, 0.25) is 0 Å². The van der Waals surface area contributed by atoms with Crippen molar-refractivity contribution in [3.05, 3.63) is 29.8 Å². The number of rotatable bonds is 10. The van der Waals surface area contributed by atoms with Crippen LogP contribution < -0.4 is 10.1 Å². The molecule has 0 atom stereocenters. The molecular weight excluding hydrogens is 495 g/mol. The minimum atomic E-state index is -2.85. The fourth-order valence-corrected chi connectivity index (χ4v) is 3.12. The van der Waals surface area contributed by atoms with Crippen LogP contribution in [0.4, 0.5) is 8.78 Å². The number of para-hydroxylation sites is 1. The number of guanidine groups is 1. The van der Waals surface area contributed by atoms with Gasteiger partial charge in [-0.05, 0) is 32.3 Å². The van der Waals surface area contributed by atoms with Gasteiger partial charge in [-0.3, -0.25) is 0 Å². The van der Waals surface area contributed by atoms with Gasteiger partial charge >= 0.3 is 6.61 Å². The number of ether oxygens (including phenoxy) is 3. The van der Waals surface area contributed by atoms with Crippen LogP contribution in [0.2, 0.25) is 0 Å². The normalized spacial score (nSPS) is 15.3. The number of nitrogens with zero attached hydrogens (tertiary/aromatic N) is 2. The predicted molar refractivity (Wildman–Crippen MR) is 120 cm³/mol. The molecule has 1 aliphatic heterocycles. The topological polar surface area (TPSA) is 55.3 Å². The van der Waals surface area contributed by atoms with Crippen LogP contribution in [-0.4, -0.2) is 63.5 Å². The number of hydrogen-bond donors (Lipinski definition) is 1. The van der Waals surface area contributed by atoms with E-state index in [1.165, 1.54) is 6.07 Å². The summed E-state index contributed by atoms with van der Waals surface area (Å²) in [5, 5.41) is 3.29. The highest BCUT2D eigenvalue weighted by Crippen LogP contribution is 2.21. The lowest BCUT2D eigenvalue weighted by atomic mass is 10.1. The second-order valence-corrected chi connectivity index (χ2v) is 6.56. The van der Waals surface area contributed by atoms with E-state index in [0.717, 1.165) is 44.9 Å². The summed E-state index contributed by atoms with van der Waals surface area (Å²) < 4.78 is 40.7. The van der Waals surface area contributed by atoms with Crippen LogP contribution in [-0.2, 0) is 16.0 Å². The Morgan fingerprint density at radius 3 is 2.62 bits per heavy atom. The molecule has 166 valence electrons. The van der Waals surface area contributed by atoms with Crippen LogP contribution in [0.25, 0.3) is 0 Å². The van der Waals surface area contributed by atoms with Gasteiger partial charge in [0.1, 0.15) is 5.75 Å². The van der Waals surface area contributed by atoms with E-state index in [-0.39, 0.29) is 42.4 Å². The van der Waals surface area contributed by atoms with Crippen LogP contribution in [0.5, 0.6) is 5.75 Å². The number of halogens is 3. The van der Waals surface area contributed by atoms with Crippen molar-refractivity contribution in [2.24, 2.45) is 4.99 Å². The zero-order valence-electron chi connectivity index (χ0n) is 17.1. The average molecular weight is 527 g/mol. The molecule has 0 amide bonds. The molecule has 0 saturated carbocycles. The summed E-state index contributed by atoms with van der Waals surface area (Å²) in [5.74, 6) is 0.951. The molecule has 0 radical (unpaired) electrons. The number of aliphatic imine (C=N–C) groups is 1. The van der Waals surface area contributed by atoms with Crippen LogP contribution in [0, 0.1) is 0 Å². The highest BCUT2D eigenvalue weighted by molar-refractivity contribution is 14.0. The number of nitrogens with one attached hydrogen (secondary N) is 1. The zero-order chi connectivity index (χ0) is 20.2. The van der Waals surface area contributed by atoms with Crippen molar-refractivity contribution in [1.82, 2.24) is 10.2 Å². The molecule has 9 heteroatoms. The number of likely N-dealkylation sites (tertiary alicyclic amines) is 1. The summed E-state index contributed by atoms with van der Waals surface area (Å²) in [6, 6.07) is 6.76. The Kier molecular flexibility index (Phi) is 13.1. The fraction of sp³-hybridized carbons (Fsp3) is 0.650. The molecule has 29 heavy (non-hydrogen) atoms. The molecule has 0 spiro atoms. The molecule has 1 aliphatic rings. The maximum absolute atomic E-state index is 12.6. The molecule has 0 unspecified atom stereocenters. The lowest BCUT2D eigenvalue weighted by Gasteiger charge is -2.34. The number of alkyl halides is 2. The van der Waals surface area contributed by atoms with E-state index in [1.807, 2.05) is 6.92 Å². The van der Waals surface area contributed by atoms with Crippen molar-refractivity contribution in [3.63, 3.8) is 0 Å². The molecule has 2 rings (SSSR count). The summed E-state index contributed by atoms with van der Waals surface area (Å²) in [5.41, 5.74) is 0.634. The smallest absolute Gasteiger partial charge is 0.387 e. The van der Waals surface area contributed by atoms with Crippen molar-refractivity contribution in [3.8, 4) is 5.75 Å². The van der Waals surface area contributed by atoms with Crippen molar-refractivity contribution in [1.29, 1.82) is 0 Å². The molecule has 0 bridgehead atoms. The predicted octanol–water partition coefficient (Wildman–Crippen LogP) is 3.89. The monoisotopic (exact) mass is 527 g/mol. The third kappa shape index (κ3) is 9.43. The molecule has 6 nitrogen and oxygen atoms in total. The van der Waals surface area contributed by atoms with Crippen molar-refractivity contribution < 1.29 is 23.0 Å². The first-order chi connectivity index (χ1) is 13.6. The third-order valence-corrected chi connectivity index (χ3v) is 4.51. The number of benzene rings is 1. The Labute approximate surface area is 189 Å². The highest BCUT2D eigenvalue weighted by atomic mass is 127. The average Bonchev–Trinajstić information content (AvgIpc) is 2.70. The van der Waals surface area contributed by atoms with Gasteiger partial charge in [0.25, 0.3) is 0 Å². The standard InChI is InChI=1S/C20H31F2N3O3.HI/c1-3-23-20(24-15-16-7-4-5-8-18(16)28-19(21)22)25-11-9-17(10-12-25)27-14-6-13-26-2;/h4-5,7-8,17,19H,3,6,9-15H2,1-2H3,(H,23,24);1H. The van der Waals surface area contributed by atoms with E-state index in [9.17, 15) is 8.78 Å². The van der Waals surface area contributed by atoms with Crippen LogP contribution >= 0.6 is 24.0 Å². The van der Waals surface area contributed by atoms with E-state index in [1.54, 1.807) is 25.3 Å². The highest BCUT2D eigenvalue weighted by Gasteiger charge is 2.22. The molecule has 0 aromatic heterocycles. The van der Waals surface area contributed by atoms with Gasteiger partial charge in [-0.15, -0.1) is 24.0 Å². The quantitative estimate of drug-likeness (QED) is 0.217. The van der Waals surface area contributed by atoms with Crippen LogP contribution in [0.1, 0.15) is 31.7 Å². The van der Waals surface area contributed by atoms with E-state index < -0.39 is 6.61 Å². The Morgan fingerprint density at radius 1 is 1.24 bits per heavy atom. The number of methoxy groups -OCH3 is 1. The van der Waals surface area contributed by atoms with Gasteiger partial charge in [-0.1, -0.05) is 18.2 Å². The number of piperidine rings is 1. The summed E-state index contributed by atoms with van der Waals surface area (Å²) in [7, 11) is 1.69. The maximum Gasteiger partial charge on any atom is 0.387 e. The van der Waals surface area contributed by atoms with Gasteiger partial charge in [0.15, 0.2) is 5.96 Å². The third-order valence-electron chi connectivity index (χ3n) is 4.51. The summed E-state index contributed by atoms with van der Waals surface area (Å²) in [6.45, 7) is 3.29. The molecule has 1 saturated heterocycles. The first kappa shape index (κ1) is 25.8. The summed E-state index contributed by atoms with van der Waals surface area (Å²) in [4.78, 5) is 6.83. The Bertz CT molecular complexity index is 600. The van der Waals surface area contributed by atoms with Crippen molar-refractivity contribution in [2.75, 3.05) is 40.0 Å². The minimum Gasteiger partial charge on any atom is -0.434 e. The summed E-state index contributed by atoms with van der Waals surface area (Å²) in [6.07, 6.45) is 3.03. The zero-order valence-corrected chi connectivity index (χ0v) is 19.4. The first-order valence-electron chi connectivity index (χ1n) is 9.80. The maximum atomic E-state index is 12.6. The van der Waals surface area contributed by atoms with Gasteiger partial charge < -0.3 is 24.4 Å². The van der Waals surface area contributed by atoms with Gasteiger partial charge in [0.05, 0.1) is 12.6 Å². The van der Waals surface area contributed by atoms with E-state index in [0.29, 0.717) is 18.8 Å². The first-order valence-corrected chi connectivity index (χ1v) is 9.80. The van der Waals surface area contributed by atoms with E-state index in [4.69, 9.17) is 9.47 Å². The van der Waals surface area contributed by atoms with Crippen LogP contribution in [0.3, 0.4) is 0 Å². The Balaban J connectivity index is 0.00000420. The second-order valence-electron chi connectivity index (χ2n) is 6.56. The van der Waals surface area contributed by atoms with Gasteiger partial charge in [-0.25, -0.2) is 4.99 Å². The van der Waals surface area contributed by atoms with Gasteiger partial charge in [0, 0.05) is 45.5 Å². The molecule has 1 aromatic rings. The molecular formula is C20H32F2IN3O3. The molecule has 0 aliphatic carbocycles. The Morgan fingerprint density at radius 2 is 1.97 bits per heavy atom. The summed E-state index contributed by atoms with van der Waals surface area (Å²) >= 11 is 0. The lowest BCUT2D eigenvalue weighted by Crippen LogP contribution is -2.47. The second kappa shape index (κ2) is 14.7. The lowest BCUT2D eigenvalue weighted by molar-refractivity contribution is -0.0504. The van der Waals surface area contributed by atoms with E-state index >= 15 is 0 Å². The number of hydrogen-bond acceptors (Lipinski definition) is 4. The SMILES string of the molecule is CCNC(=NCc1ccccc1OC(F)F)N1CCC(OCCCOC)CC1.I. The molecule has 1 heterocycles. The van der Waals surface area contributed by atoms with Crippen LogP contribution in [0.15, 0.2) is 29.3 Å².